The molecule has 0 heterocycles. The van der Waals surface area contributed by atoms with Gasteiger partial charge in [0.1, 0.15) is 16.7 Å². The Morgan fingerprint density at radius 3 is 1.71 bits per heavy atom. The molecule has 2 aliphatic rings. The fourth-order valence-electron chi connectivity index (χ4n) is 6.42. The molecule has 0 unspecified atom stereocenters. The fraction of sp³-hybridized carbons (Fsp3) is 0.613. The van der Waals surface area contributed by atoms with Gasteiger partial charge in [-0.3, -0.25) is 0 Å². The van der Waals surface area contributed by atoms with Crippen molar-refractivity contribution in [2.45, 2.75) is 103 Å². The van der Waals surface area contributed by atoms with Crippen LogP contribution < -0.4 is 0 Å². The Morgan fingerprint density at radius 1 is 0.676 bits per heavy atom. The first-order valence-electron chi connectivity index (χ1n) is 13.8. The van der Waals surface area contributed by atoms with Crippen LogP contribution >= 0.6 is 11.6 Å². The molecule has 34 heavy (non-hydrogen) atoms. The van der Waals surface area contributed by atoms with Gasteiger partial charge in [0, 0.05) is 0 Å². The lowest BCUT2D eigenvalue weighted by Gasteiger charge is -2.32. The molecule has 186 valence electrons. The van der Waals surface area contributed by atoms with Crippen LogP contribution in [0.1, 0.15) is 108 Å². The minimum atomic E-state index is -0.709. The van der Waals surface area contributed by atoms with Crippen molar-refractivity contribution in [1.82, 2.24) is 0 Å². The van der Waals surface area contributed by atoms with Gasteiger partial charge in [-0.1, -0.05) is 107 Å². The minimum Gasteiger partial charge on any atom is -0.205 e. The van der Waals surface area contributed by atoms with Crippen LogP contribution in [-0.2, 0) is 0 Å². The number of halogens is 3. The van der Waals surface area contributed by atoms with Crippen LogP contribution in [0.5, 0.6) is 0 Å². The standard InChI is InChI=1S/C31H41ClF2/c1-2-3-4-5-22-6-8-23(9-7-22)10-11-24-12-14-25(15-13-24)26-16-18-27(19-17-26)28-20-29(33)31(32)30(34)21-28/h16-25H,2-15H2,1H3/t22-,23-,24?,25?. The Bertz CT molecular complexity index is 867. The third-order valence-electron chi connectivity index (χ3n) is 8.71. The maximum Gasteiger partial charge on any atom is 0.145 e. The van der Waals surface area contributed by atoms with Gasteiger partial charge in [-0.2, -0.15) is 0 Å². The maximum absolute atomic E-state index is 13.8. The zero-order chi connectivity index (χ0) is 23.9. The Kier molecular flexibility index (Phi) is 9.46. The van der Waals surface area contributed by atoms with E-state index in [0.717, 1.165) is 23.3 Å². The van der Waals surface area contributed by atoms with Crippen molar-refractivity contribution in [3.05, 3.63) is 58.6 Å². The summed E-state index contributed by atoms with van der Waals surface area (Å²) in [5, 5.41) is -0.438. The second kappa shape index (κ2) is 12.5. The third-order valence-corrected chi connectivity index (χ3v) is 9.07. The van der Waals surface area contributed by atoms with E-state index in [1.165, 1.54) is 108 Å². The molecule has 0 amide bonds. The van der Waals surface area contributed by atoms with Gasteiger partial charge in [0.05, 0.1) is 0 Å². The molecule has 2 aliphatic carbocycles. The fourth-order valence-corrected chi connectivity index (χ4v) is 6.53. The first-order chi connectivity index (χ1) is 16.5. The monoisotopic (exact) mass is 486 g/mol. The number of rotatable bonds is 9. The van der Waals surface area contributed by atoms with Crippen molar-refractivity contribution in [3.63, 3.8) is 0 Å². The Balaban J connectivity index is 1.19. The average Bonchev–Trinajstić information content (AvgIpc) is 2.87. The molecular formula is C31H41ClF2. The highest BCUT2D eigenvalue weighted by Crippen LogP contribution is 2.40. The molecule has 0 saturated heterocycles. The van der Waals surface area contributed by atoms with Crippen molar-refractivity contribution in [2.75, 3.05) is 0 Å². The van der Waals surface area contributed by atoms with Crippen molar-refractivity contribution < 1.29 is 8.78 Å². The molecule has 2 aromatic rings. The molecule has 0 spiro atoms. The SMILES string of the molecule is CCCCC[C@H]1CC[C@H](CCC2CCC(c3ccc(-c4cc(F)c(Cl)c(F)c4)cc3)CC2)CC1. The second-order valence-corrected chi connectivity index (χ2v) is 11.4. The first-order valence-corrected chi connectivity index (χ1v) is 14.2. The van der Waals surface area contributed by atoms with Crippen LogP contribution in [-0.4, -0.2) is 0 Å². The molecule has 0 nitrogen and oxygen atoms in total. The van der Waals surface area contributed by atoms with Gasteiger partial charge in [-0.05, 0) is 78.2 Å². The number of benzene rings is 2. The van der Waals surface area contributed by atoms with Gasteiger partial charge in [0.15, 0.2) is 0 Å². The number of hydrogen-bond acceptors (Lipinski definition) is 0. The van der Waals surface area contributed by atoms with E-state index in [1.807, 2.05) is 12.1 Å². The van der Waals surface area contributed by atoms with Gasteiger partial charge in [0.2, 0.25) is 0 Å². The van der Waals surface area contributed by atoms with Crippen molar-refractivity contribution in [2.24, 2.45) is 17.8 Å². The molecule has 0 aliphatic heterocycles. The molecule has 3 heteroatoms. The van der Waals surface area contributed by atoms with Gasteiger partial charge in [-0.15, -0.1) is 0 Å². The predicted octanol–water partition coefficient (Wildman–Crippen LogP) is 10.7. The summed E-state index contributed by atoms with van der Waals surface area (Å²) in [4.78, 5) is 0. The maximum atomic E-state index is 13.8. The predicted molar refractivity (Wildman–Crippen MR) is 140 cm³/mol. The second-order valence-electron chi connectivity index (χ2n) is 11.1. The first kappa shape index (κ1) is 25.7. The largest absolute Gasteiger partial charge is 0.205 e. The van der Waals surface area contributed by atoms with E-state index >= 15 is 0 Å². The van der Waals surface area contributed by atoms with Crippen LogP contribution in [0.4, 0.5) is 8.78 Å². The third kappa shape index (κ3) is 6.84. The Labute approximate surface area is 210 Å². The van der Waals surface area contributed by atoms with E-state index < -0.39 is 16.7 Å². The zero-order valence-electron chi connectivity index (χ0n) is 20.8. The average molecular weight is 487 g/mol. The normalized spacial score (nSPS) is 25.4. The molecule has 0 bridgehead atoms. The summed E-state index contributed by atoms with van der Waals surface area (Å²) in [6.07, 6.45) is 19.6. The molecule has 2 saturated carbocycles. The zero-order valence-corrected chi connectivity index (χ0v) is 21.6. The van der Waals surface area contributed by atoms with E-state index in [0.29, 0.717) is 11.5 Å². The van der Waals surface area contributed by atoms with Crippen molar-refractivity contribution in [1.29, 1.82) is 0 Å². The Hall–Kier alpha value is -1.41. The van der Waals surface area contributed by atoms with Crippen LogP contribution in [0.2, 0.25) is 5.02 Å². The van der Waals surface area contributed by atoms with E-state index in [9.17, 15) is 8.78 Å². The van der Waals surface area contributed by atoms with Crippen LogP contribution in [0.3, 0.4) is 0 Å². The van der Waals surface area contributed by atoms with Gasteiger partial charge < -0.3 is 0 Å². The highest BCUT2D eigenvalue weighted by molar-refractivity contribution is 6.31. The van der Waals surface area contributed by atoms with Gasteiger partial charge in [0.25, 0.3) is 0 Å². The van der Waals surface area contributed by atoms with Crippen molar-refractivity contribution >= 4 is 11.6 Å². The molecule has 0 aromatic heterocycles. The molecule has 0 N–H and O–H groups in total. The summed E-state index contributed by atoms with van der Waals surface area (Å²) in [5.74, 6) is 2.09. The van der Waals surface area contributed by atoms with E-state index in [2.05, 4.69) is 19.1 Å². The quantitative estimate of drug-likeness (QED) is 0.244. The minimum absolute atomic E-state index is 0.438. The summed E-state index contributed by atoms with van der Waals surface area (Å²) in [6.45, 7) is 2.30. The van der Waals surface area contributed by atoms with Gasteiger partial charge in [-0.25, -0.2) is 8.78 Å². The molecule has 2 aromatic carbocycles. The van der Waals surface area contributed by atoms with E-state index in [1.54, 1.807) is 0 Å². The topological polar surface area (TPSA) is 0 Å². The van der Waals surface area contributed by atoms with Crippen LogP contribution in [0.25, 0.3) is 11.1 Å². The van der Waals surface area contributed by atoms with E-state index in [4.69, 9.17) is 11.6 Å². The highest BCUT2D eigenvalue weighted by atomic mass is 35.5. The van der Waals surface area contributed by atoms with Crippen LogP contribution in [0.15, 0.2) is 36.4 Å². The molecule has 0 atom stereocenters. The lowest BCUT2D eigenvalue weighted by atomic mass is 9.74. The lowest BCUT2D eigenvalue weighted by Crippen LogP contribution is -2.17. The summed E-state index contributed by atoms with van der Waals surface area (Å²) in [7, 11) is 0. The van der Waals surface area contributed by atoms with Gasteiger partial charge >= 0.3 is 0 Å². The molecule has 4 rings (SSSR count). The number of unbranched alkanes of at least 4 members (excludes halogenated alkanes) is 2. The smallest absolute Gasteiger partial charge is 0.145 e. The van der Waals surface area contributed by atoms with Crippen molar-refractivity contribution in [3.8, 4) is 11.1 Å². The summed E-state index contributed by atoms with van der Waals surface area (Å²) in [5.41, 5.74) is 2.72. The molecule has 2 fully saturated rings. The molecular weight excluding hydrogens is 446 g/mol. The summed E-state index contributed by atoms with van der Waals surface area (Å²) in [6, 6.07) is 10.9. The summed E-state index contributed by atoms with van der Waals surface area (Å²) < 4.78 is 27.6. The van der Waals surface area contributed by atoms with E-state index in [-0.39, 0.29) is 0 Å². The lowest BCUT2D eigenvalue weighted by molar-refractivity contribution is 0.222. The number of hydrogen-bond donors (Lipinski definition) is 0. The van der Waals surface area contributed by atoms with Crippen LogP contribution in [0, 0.1) is 29.4 Å². The molecule has 0 radical (unpaired) electrons. The summed E-state index contributed by atoms with van der Waals surface area (Å²) >= 11 is 5.62. The Morgan fingerprint density at radius 2 is 1.18 bits per heavy atom. The highest BCUT2D eigenvalue weighted by Gasteiger charge is 2.25.